The molecule has 0 bridgehead atoms. The zero-order valence-electron chi connectivity index (χ0n) is 32.4. The molecular formula is C39H67N3O9. The van der Waals surface area contributed by atoms with E-state index in [9.17, 15) is 30.0 Å². The lowest BCUT2D eigenvalue weighted by Crippen LogP contribution is -2.52. The Morgan fingerprint density at radius 2 is 1.86 bits per heavy atom. The number of piperazine rings is 1. The van der Waals surface area contributed by atoms with E-state index in [2.05, 4.69) is 23.6 Å². The van der Waals surface area contributed by atoms with Gasteiger partial charge in [0.25, 0.3) is 0 Å². The number of cyclic esters (lactones) is 1. The summed E-state index contributed by atoms with van der Waals surface area (Å²) in [4.78, 5) is 32.7. The molecule has 3 aliphatic rings. The maximum atomic E-state index is 13.4. The van der Waals surface area contributed by atoms with Gasteiger partial charge in [-0.25, -0.2) is 4.79 Å². The van der Waals surface area contributed by atoms with Crippen molar-refractivity contribution in [2.24, 2.45) is 11.8 Å². The van der Waals surface area contributed by atoms with Crippen LogP contribution in [0.4, 0.5) is 4.79 Å². The molecule has 0 saturated carbocycles. The van der Waals surface area contributed by atoms with Gasteiger partial charge < -0.3 is 44.4 Å². The molecule has 0 aromatic rings. The average molecular weight is 722 g/mol. The van der Waals surface area contributed by atoms with Gasteiger partial charge in [0.05, 0.1) is 36.4 Å². The Morgan fingerprint density at radius 3 is 2.49 bits per heavy atom. The van der Waals surface area contributed by atoms with Crippen molar-refractivity contribution in [2.75, 3.05) is 52.4 Å². The van der Waals surface area contributed by atoms with Crippen LogP contribution in [0.25, 0.3) is 0 Å². The fourth-order valence-corrected chi connectivity index (χ4v) is 6.96. The standard InChI is InChI=1S/C39H67N3O9/c1-9-31(44)29(6)36-32(49-36)26-38(7,47)17-12-13-27(4)35-28(5)14-15-33(39(8,48)18-16-30(43)25-34(45)51-35)50-37(46)42-23-21-41(22-24-42)20-19-40(10-2)11-3/h12-15,17,28-33,35-36,43-44,47-48H,9-11,16,18-26H2,1-8H3/b15-14+,17-12+,27-13+. The van der Waals surface area contributed by atoms with Gasteiger partial charge in [-0.05, 0) is 64.8 Å². The molecular weight excluding hydrogens is 654 g/mol. The number of likely N-dealkylation sites (N-methyl/N-ethyl adjacent to an activating group) is 1. The molecule has 3 rings (SSSR count). The molecule has 2 fully saturated rings. The van der Waals surface area contributed by atoms with E-state index in [0.717, 1.165) is 39.3 Å². The van der Waals surface area contributed by atoms with Crippen molar-refractivity contribution in [3.8, 4) is 0 Å². The first-order chi connectivity index (χ1) is 24.0. The summed E-state index contributed by atoms with van der Waals surface area (Å²) in [5.74, 6) is -0.953. The Bertz CT molecular complexity index is 1190. The van der Waals surface area contributed by atoms with Crippen LogP contribution < -0.4 is 0 Å². The quantitative estimate of drug-likeness (QED) is 0.0899. The van der Waals surface area contributed by atoms with E-state index in [1.54, 1.807) is 49.1 Å². The number of amides is 1. The summed E-state index contributed by atoms with van der Waals surface area (Å²) in [7, 11) is 0. The molecule has 292 valence electrons. The minimum absolute atomic E-state index is 0.0130. The summed E-state index contributed by atoms with van der Waals surface area (Å²) in [6.45, 7) is 21.7. The molecule has 12 nitrogen and oxygen atoms in total. The highest BCUT2D eigenvalue weighted by Crippen LogP contribution is 2.37. The van der Waals surface area contributed by atoms with Crippen LogP contribution in [0, 0.1) is 11.8 Å². The fourth-order valence-electron chi connectivity index (χ4n) is 6.96. The van der Waals surface area contributed by atoms with Crippen molar-refractivity contribution < 1.29 is 44.2 Å². The third-order valence-electron chi connectivity index (χ3n) is 10.9. The first kappa shape index (κ1) is 43.1. The third kappa shape index (κ3) is 13.6. The van der Waals surface area contributed by atoms with Crippen LogP contribution in [-0.4, -0.2) is 147 Å². The van der Waals surface area contributed by atoms with Gasteiger partial charge >= 0.3 is 12.1 Å². The number of hydrogen-bond donors (Lipinski definition) is 4. The van der Waals surface area contributed by atoms with Gasteiger partial charge in [-0.15, -0.1) is 0 Å². The topological polar surface area (TPSA) is 156 Å². The largest absolute Gasteiger partial charge is 0.457 e. The molecule has 1 amide bonds. The Hall–Kier alpha value is -2.32. The van der Waals surface area contributed by atoms with Gasteiger partial charge in [0.15, 0.2) is 6.10 Å². The van der Waals surface area contributed by atoms with Gasteiger partial charge in [-0.2, -0.15) is 0 Å². The average Bonchev–Trinajstić information content (AvgIpc) is 3.85. The normalized spacial score (nSPS) is 33.2. The summed E-state index contributed by atoms with van der Waals surface area (Å²) in [5, 5.41) is 43.4. The first-order valence-corrected chi connectivity index (χ1v) is 19.1. The number of aliphatic hydroxyl groups excluding tert-OH is 2. The van der Waals surface area contributed by atoms with E-state index in [1.165, 1.54) is 0 Å². The van der Waals surface area contributed by atoms with Crippen LogP contribution >= 0.6 is 0 Å². The fraction of sp³-hybridized carbons (Fsp3) is 0.795. The van der Waals surface area contributed by atoms with Crippen LogP contribution in [0.2, 0.25) is 0 Å². The number of aliphatic hydroxyl groups is 4. The lowest BCUT2D eigenvalue weighted by molar-refractivity contribution is -0.151. The van der Waals surface area contributed by atoms with Crippen molar-refractivity contribution in [2.45, 2.75) is 135 Å². The lowest BCUT2D eigenvalue weighted by Gasteiger charge is -2.37. The van der Waals surface area contributed by atoms with Crippen LogP contribution in [0.15, 0.2) is 36.0 Å². The first-order valence-electron chi connectivity index (χ1n) is 19.1. The number of nitrogens with zero attached hydrogens (tertiary/aromatic N) is 3. The van der Waals surface area contributed by atoms with Crippen molar-refractivity contribution >= 4 is 12.1 Å². The number of carbonyl (C=O) groups is 2. The number of ether oxygens (including phenoxy) is 3. The number of epoxide rings is 1. The highest BCUT2D eigenvalue weighted by atomic mass is 16.6. The molecule has 4 N–H and O–H groups in total. The second-order valence-corrected chi connectivity index (χ2v) is 15.4. The molecule has 0 aromatic heterocycles. The summed E-state index contributed by atoms with van der Waals surface area (Å²) >= 11 is 0. The molecule has 0 aliphatic carbocycles. The molecule has 3 aliphatic heterocycles. The second-order valence-electron chi connectivity index (χ2n) is 15.4. The molecule has 51 heavy (non-hydrogen) atoms. The highest BCUT2D eigenvalue weighted by molar-refractivity contribution is 5.70. The van der Waals surface area contributed by atoms with Gasteiger partial charge in [0.1, 0.15) is 11.7 Å². The van der Waals surface area contributed by atoms with E-state index in [1.807, 2.05) is 27.7 Å². The lowest BCUT2D eigenvalue weighted by atomic mass is 9.88. The Morgan fingerprint density at radius 1 is 1.20 bits per heavy atom. The van der Waals surface area contributed by atoms with Gasteiger partial charge in [0.2, 0.25) is 0 Å². The maximum Gasteiger partial charge on any atom is 0.410 e. The molecule has 0 radical (unpaired) electrons. The molecule has 10 atom stereocenters. The summed E-state index contributed by atoms with van der Waals surface area (Å²) in [5.41, 5.74) is -1.95. The minimum atomic E-state index is -1.49. The van der Waals surface area contributed by atoms with E-state index >= 15 is 0 Å². The van der Waals surface area contributed by atoms with Gasteiger partial charge in [0, 0.05) is 57.5 Å². The van der Waals surface area contributed by atoms with Gasteiger partial charge in [-0.1, -0.05) is 58.9 Å². The predicted molar refractivity (Wildman–Crippen MR) is 197 cm³/mol. The van der Waals surface area contributed by atoms with E-state index < -0.39 is 47.7 Å². The summed E-state index contributed by atoms with van der Waals surface area (Å²) in [6, 6.07) is 0. The third-order valence-corrected chi connectivity index (χ3v) is 10.9. The summed E-state index contributed by atoms with van der Waals surface area (Å²) < 4.78 is 17.6. The van der Waals surface area contributed by atoms with Crippen molar-refractivity contribution in [3.63, 3.8) is 0 Å². The zero-order chi connectivity index (χ0) is 37.9. The van der Waals surface area contributed by atoms with Gasteiger partial charge in [-0.3, -0.25) is 9.69 Å². The monoisotopic (exact) mass is 721 g/mol. The van der Waals surface area contributed by atoms with Crippen molar-refractivity contribution in [3.05, 3.63) is 36.0 Å². The van der Waals surface area contributed by atoms with Crippen LogP contribution in [0.1, 0.15) is 87.5 Å². The maximum absolute atomic E-state index is 13.4. The van der Waals surface area contributed by atoms with E-state index in [0.29, 0.717) is 31.5 Å². The molecule has 12 heteroatoms. The minimum Gasteiger partial charge on any atom is -0.457 e. The predicted octanol–water partition coefficient (Wildman–Crippen LogP) is 3.67. The highest BCUT2D eigenvalue weighted by Gasteiger charge is 2.47. The molecule has 2 saturated heterocycles. The number of allylic oxidation sites excluding steroid dienone is 2. The molecule has 10 unspecified atom stereocenters. The van der Waals surface area contributed by atoms with Crippen LogP contribution in [-0.2, 0) is 19.0 Å². The van der Waals surface area contributed by atoms with Crippen molar-refractivity contribution in [1.29, 1.82) is 0 Å². The number of hydrogen-bond acceptors (Lipinski definition) is 11. The van der Waals surface area contributed by atoms with Crippen LogP contribution in [0.3, 0.4) is 0 Å². The van der Waals surface area contributed by atoms with Crippen molar-refractivity contribution in [1.82, 2.24) is 14.7 Å². The van der Waals surface area contributed by atoms with E-state index in [-0.39, 0.29) is 43.3 Å². The number of esters is 1. The molecule has 3 heterocycles. The Balaban J connectivity index is 1.69. The Labute approximate surface area is 306 Å². The van der Waals surface area contributed by atoms with E-state index in [4.69, 9.17) is 14.2 Å². The molecule has 0 aromatic carbocycles. The summed E-state index contributed by atoms with van der Waals surface area (Å²) in [6.07, 6.45) is 5.73. The van der Waals surface area contributed by atoms with Crippen LogP contribution in [0.5, 0.6) is 0 Å². The smallest absolute Gasteiger partial charge is 0.410 e. The second kappa shape index (κ2) is 19.7. The SMILES string of the molecule is CCC(O)C(C)C1OC1CC(C)(O)/C=C/C=C(\C)C1OC(=O)CC(O)CCC(C)(O)C(OC(=O)N2CCN(CCN(CC)CC)CC2)/C=C/C1C. The molecule has 0 spiro atoms. The zero-order valence-corrected chi connectivity index (χ0v) is 32.4. The number of carbonyl (C=O) groups excluding carboxylic acids is 2. The Kier molecular flexibility index (Phi) is 16.6. The number of rotatable bonds is 14.